The molecule has 36 heavy (non-hydrogen) atoms. The summed E-state index contributed by atoms with van der Waals surface area (Å²) in [4.78, 5) is 24.6. The normalized spacial score (nSPS) is 15.2. The predicted octanol–water partition coefficient (Wildman–Crippen LogP) is 3.04. The first-order valence-electron chi connectivity index (χ1n) is 11.7. The Balaban J connectivity index is 1.34. The maximum atomic E-state index is 12.3. The Labute approximate surface area is 208 Å². The molecule has 0 unspecified atom stereocenters. The Morgan fingerprint density at radius 1 is 0.750 bits per heavy atom. The molecule has 10 heteroatoms. The Bertz CT molecular complexity index is 1330. The highest BCUT2D eigenvalue weighted by atomic mass is 16.6. The minimum atomic E-state index is -0.728. The number of ether oxygens (including phenoxy) is 2. The van der Waals surface area contributed by atoms with Crippen molar-refractivity contribution in [3.05, 3.63) is 72.1 Å². The fraction of sp³-hybridized carbons (Fsp3) is 0.308. The fourth-order valence-corrected chi connectivity index (χ4v) is 4.07. The number of para-hydroxylation sites is 2. The van der Waals surface area contributed by atoms with Gasteiger partial charge in [0.1, 0.15) is 24.5 Å². The number of benzene rings is 2. The smallest absolute Gasteiger partial charge is 0.331 e. The van der Waals surface area contributed by atoms with Crippen LogP contribution >= 0.6 is 0 Å². The highest BCUT2D eigenvalue weighted by Crippen LogP contribution is 2.23. The maximum Gasteiger partial charge on any atom is 0.331 e. The maximum absolute atomic E-state index is 12.3. The summed E-state index contributed by atoms with van der Waals surface area (Å²) in [6.07, 6.45) is -0.821. The molecule has 4 N–H and O–H groups in total. The minimum absolute atomic E-state index is 0.704. The molecular formula is C26H30N6O4. The summed E-state index contributed by atoms with van der Waals surface area (Å²) in [7, 11) is 0. The van der Waals surface area contributed by atoms with Gasteiger partial charge < -0.3 is 20.9 Å². The summed E-state index contributed by atoms with van der Waals surface area (Å²) in [6, 6.07) is 15.3. The monoisotopic (exact) mass is 490 g/mol. The van der Waals surface area contributed by atoms with Gasteiger partial charge in [0.2, 0.25) is 0 Å². The number of nitrogens with two attached hydrogens (primary N) is 2. The molecule has 0 saturated carbocycles. The van der Waals surface area contributed by atoms with Crippen LogP contribution in [0.15, 0.2) is 60.7 Å². The number of nitrogens with zero attached hydrogens (tertiary/aromatic N) is 4. The lowest BCUT2D eigenvalue weighted by Gasteiger charge is -2.21. The van der Waals surface area contributed by atoms with E-state index < -0.39 is 36.5 Å². The molecule has 188 valence electrons. The molecule has 0 radical (unpaired) electrons. The third-order valence-corrected chi connectivity index (χ3v) is 6.08. The van der Waals surface area contributed by atoms with Gasteiger partial charge in [0, 0.05) is 22.9 Å². The van der Waals surface area contributed by atoms with Crippen LogP contribution in [-0.2, 0) is 19.1 Å². The molecule has 0 amide bonds. The van der Waals surface area contributed by atoms with Gasteiger partial charge in [-0.3, -0.25) is 0 Å². The van der Waals surface area contributed by atoms with E-state index in [2.05, 4.69) is 10.2 Å². The number of hydrogen-bond acceptors (Lipinski definition) is 8. The van der Waals surface area contributed by atoms with Gasteiger partial charge in [-0.15, -0.1) is 0 Å². The Morgan fingerprint density at radius 3 is 1.50 bits per heavy atom. The van der Waals surface area contributed by atoms with Crippen molar-refractivity contribution in [3.63, 3.8) is 0 Å². The van der Waals surface area contributed by atoms with Gasteiger partial charge in [-0.25, -0.2) is 19.0 Å². The Hall–Kier alpha value is -4.02. The van der Waals surface area contributed by atoms with E-state index in [9.17, 15) is 9.59 Å². The molecule has 2 aromatic heterocycles. The van der Waals surface area contributed by atoms with E-state index in [1.54, 1.807) is 23.2 Å². The summed E-state index contributed by atoms with van der Waals surface area (Å²) in [5.74, 6) is -1.46. The van der Waals surface area contributed by atoms with Crippen LogP contribution in [-0.4, -0.2) is 43.7 Å². The number of aryl methyl sites for hydroxylation is 2. The average molecular weight is 491 g/mol. The van der Waals surface area contributed by atoms with Gasteiger partial charge in [-0.1, -0.05) is 36.4 Å². The van der Waals surface area contributed by atoms with Gasteiger partial charge in [0.05, 0.1) is 22.4 Å². The molecule has 0 aliphatic heterocycles. The fourth-order valence-electron chi connectivity index (χ4n) is 4.07. The van der Waals surface area contributed by atoms with Crippen molar-refractivity contribution in [1.29, 1.82) is 0 Å². The molecule has 0 bridgehead atoms. The zero-order valence-electron chi connectivity index (χ0n) is 20.7. The standard InChI is InChI=1S/C26H30N6O4/c1-15-19-9-5-7-11-21(19)31(29-15)25(27)17(3)35-23(33)13-14-24(34)36-18(4)26(28)32-22-12-8-6-10-20(22)16(2)30-32/h5-14,17-18,25-26H,27-28H2,1-4H3/b14-13+/t17-,18-,25-,26-/m0/s1. The Morgan fingerprint density at radius 2 is 1.11 bits per heavy atom. The van der Waals surface area contributed by atoms with Crippen molar-refractivity contribution < 1.29 is 19.1 Å². The van der Waals surface area contributed by atoms with Crippen LogP contribution in [0.4, 0.5) is 0 Å². The summed E-state index contributed by atoms with van der Waals surface area (Å²) in [5, 5.41) is 10.9. The first-order valence-corrected chi connectivity index (χ1v) is 11.7. The number of carbonyl (C=O) groups excluding carboxylic acids is 2. The molecule has 4 atom stereocenters. The van der Waals surface area contributed by atoms with Crippen LogP contribution in [0.3, 0.4) is 0 Å². The number of carbonyl (C=O) groups is 2. The molecule has 0 fully saturated rings. The summed E-state index contributed by atoms with van der Waals surface area (Å²) < 4.78 is 14.0. The summed E-state index contributed by atoms with van der Waals surface area (Å²) in [5.41, 5.74) is 15.9. The van der Waals surface area contributed by atoms with Crippen LogP contribution in [0, 0.1) is 13.8 Å². The largest absolute Gasteiger partial charge is 0.456 e. The topological polar surface area (TPSA) is 140 Å². The van der Waals surface area contributed by atoms with E-state index in [0.717, 1.165) is 45.3 Å². The lowest BCUT2D eigenvalue weighted by molar-refractivity contribution is -0.147. The molecule has 0 aliphatic carbocycles. The minimum Gasteiger partial charge on any atom is -0.456 e. The van der Waals surface area contributed by atoms with Crippen LogP contribution in [0.2, 0.25) is 0 Å². The molecule has 4 aromatic rings. The van der Waals surface area contributed by atoms with Crippen molar-refractivity contribution in [2.75, 3.05) is 0 Å². The molecule has 4 rings (SSSR count). The lowest BCUT2D eigenvalue weighted by atomic mass is 10.2. The third kappa shape index (κ3) is 5.00. The van der Waals surface area contributed by atoms with Crippen LogP contribution in [0.5, 0.6) is 0 Å². The van der Waals surface area contributed by atoms with Gasteiger partial charge in [0.15, 0.2) is 0 Å². The first kappa shape index (κ1) is 25.1. The number of esters is 2. The summed E-state index contributed by atoms with van der Waals surface area (Å²) in [6.45, 7) is 7.11. The van der Waals surface area contributed by atoms with Crippen molar-refractivity contribution >= 4 is 33.7 Å². The second kappa shape index (κ2) is 10.3. The number of fused-ring (bicyclic) bond motifs is 2. The second-order valence-electron chi connectivity index (χ2n) is 8.69. The molecule has 0 saturated heterocycles. The van der Waals surface area contributed by atoms with Crippen LogP contribution in [0.1, 0.15) is 37.6 Å². The summed E-state index contributed by atoms with van der Waals surface area (Å²) >= 11 is 0. The van der Waals surface area contributed by atoms with Crippen molar-refractivity contribution in [1.82, 2.24) is 19.6 Å². The third-order valence-electron chi connectivity index (χ3n) is 6.08. The van der Waals surface area contributed by atoms with Crippen LogP contribution in [0.25, 0.3) is 21.8 Å². The molecule has 0 aliphatic rings. The SMILES string of the molecule is Cc1nn([C@H](N)[C@H](C)OC(=O)/C=C/C(=O)O[C@@H](C)[C@@H](N)n2nc(C)c3ccccc32)c2ccccc12. The van der Waals surface area contributed by atoms with E-state index >= 15 is 0 Å². The van der Waals surface area contributed by atoms with Gasteiger partial charge in [-0.05, 0) is 39.8 Å². The Kier molecular flexibility index (Phi) is 7.18. The van der Waals surface area contributed by atoms with Crippen LogP contribution < -0.4 is 11.5 Å². The highest BCUT2D eigenvalue weighted by molar-refractivity contribution is 5.91. The van der Waals surface area contributed by atoms with Gasteiger partial charge in [-0.2, -0.15) is 10.2 Å². The number of aromatic nitrogens is 4. The number of hydrogen-bond donors (Lipinski definition) is 2. The molecule has 2 heterocycles. The second-order valence-corrected chi connectivity index (χ2v) is 8.69. The van der Waals surface area contributed by atoms with Gasteiger partial charge >= 0.3 is 11.9 Å². The van der Waals surface area contributed by atoms with E-state index in [4.69, 9.17) is 20.9 Å². The van der Waals surface area contributed by atoms with Gasteiger partial charge in [0.25, 0.3) is 0 Å². The van der Waals surface area contributed by atoms with E-state index in [1.165, 1.54) is 0 Å². The quantitative estimate of drug-likeness (QED) is 0.284. The van der Waals surface area contributed by atoms with E-state index in [0.29, 0.717) is 0 Å². The average Bonchev–Trinajstić information content (AvgIpc) is 3.39. The molecule has 2 aromatic carbocycles. The lowest BCUT2D eigenvalue weighted by Crippen LogP contribution is -2.34. The number of rotatable bonds is 8. The van der Waals surface area contributed by atoms with Crippen molar-refractivity contribution in [2.45, 2.75) is 52.2 Å². The zero-order valence-corrected chi connectivity index (χ0v) is 20.7. The molecule has 0 spiro atoms. The van der Waals surface area contributed by atoms with Crippen molar-refractivity contribution in [2.24, 2.45) is 11.5 Å². The highest BCUT2D eigenvalue weighted by Gasteiger charge is 2.23. The predicted molar refractivity (Wildman–Crippen MR) is 136 cm³/mol. The molecular weight excluding hydrogens is 460 g/mol. The van der Waals surface area contributed by atoms with E-state index in [1.807, 2.05) is 62.4 Å². The zero-order chi connectivity index (χ0) is 26.0. The van der Waals surface area contributed by atoms with Crippen molar-refractivity contribution in [3.8, 4) is 0 Å². The molecule has 10 nitrogen and oxygen atoms in total. The first-order chi connectivity index (χ1) is 17.2. The van der Waals surface area contributed by atoms with E-state index in [-0.39, 0.29) is 0 Å².